The second-order valence-electron chi connectivity index (χ2n) is 2.12. The minimum absolute atomic E-state index is 0.405. The van der Waals surface area contributed by atoms with Crippen molar-refractivity contribution in [2.24, 2.45) is 5.73 Å². The van der Waals surface area contributed by atoms with Gasteiger partial charge in [-0.15, -0.1) is 0 Å². The van der Waals surface area contributed by atoms with E-state index >= 15 is 0 Å². The minimum Gasteiger partial charge on any atom is -0.351 e. The molecule has 0 aliphatic heterocycles. The molecular weight excluding hydrogens is 231 g/mol. The Balaban J connectivity index is 2.77. The molecule has 2 amide bonds. The average Bonchev–Trinajstić information content (AvgIpc) is 2.07. The van der Waals surface area contributed by atoms with Crippen molar-refractivity contribution < 1.29 is 4.79 Å². The topological polar surface area (TPSA) is 55.1 Å². The van der Waals surface area contributed by atoms with Crippen LogP contribution in [0.3, 0.4) is 0 Å². The Bertz CT molecular complexity index is 332. The second kappa shape index (κ2) is 4.60. The maximum Gasteiger partial charge on any atom is 0.322 e. The molecule has 0 saturated heterocycles. The summed E-state index contributed by atoms with van der Waals surface area (Å²) in [7, 11) is 0. The van der Waals surface area contributed by atoms with Gasteiger partial charge in [0.15, 0.2) is 0 Å². The van der Waals surface area contributed by atoms with Crippen molar-refractivity contribution in [3.05, 3.63) is 28.2 Å². The summed E-state index contributed by atoms with van der Waals surface area (Å²) in [5, 5.41) is 0.848. The predicted octanol–water partition coefficient (Wildman–Crippen LogP) is 2.67. The third-order valence-electron chi connectivity index (χ3n) is 1.18. The molecule has 0 aliphatic rings. The molecule has 0 heterocycles. The smallest absolute Gasteiger partial charge is 0.322 e. The van der Waals surface area contributed by atoms with Crippen LogP contribution in [0.15, 0.2) is 23.1 Å². The van der Waals surface area contributed by atoms with Gasteiger partial charge in [0.1, 0.15) is 0 Å². The molecule has 70 valence electrons. The van der Waals surface area contributed by atoms with E-state index in [0.29, 0.717) is 14.9 Å². The molecular formula is C7H6Cl2N2OS. The van der Waals surface area contributed by atoms with Crippen molar-refractivity contribution in [1.29, 1.82) is 0 Å². The van der Waals surface area contributed by atoms with Gasteiger partial charge in [0.2, 0.25) is 0 Å². The number of benzene rings is 1. The molecule has 3 N–H and O–H groups in total. The first kappa shape index (κ1) is 10.5. The second-order valence-corrected chi connectivity index (χ2v) is 3.75. The van der Waals surface area contributed by atoms with Crippen molar-refractivity contribution >= 4 is 41.2 Å². The van der Waals surface area contributed by atoms with Crippen molar-refractivity contribution in [3.8, 4) is 0 Å². The van der Waals surface area contributed by atoms with Gasteiger partial charge in [-0.3, -0.25) is 4.72 Å². The highest BCUT2D eigenvalue weighted by Gasteiger charge is 2.05. The monoisotopic (exact) mass is 236 g/mol. The average molecular weight is 237 g/mol. The molecule has 0 spiro atoms. The highest BCUT2D eigenvalue weighted by molar-refractivity contribution is 7.98. The van der Waals surface area contributed by atoms with Gasteiger partial charge < -0.3 is 5.73 Å². The number of hydrogen-bond acceptors (Lipinski definition) is 2. The quantitative estimate of drug-likeness (QED) is 0.777. The molecule has 3 nitrogen and oxygen atoms in total. The van der Waals surface area contributed by atoms with E-state index in [4.69, 9.17) is 28.9 Å². The lowest BCUT2D eigenvalue weighted by Gasteiger charge is -2.03. The van der Waals surface area contributed by atoms with Crippen LogP contribution in [0.1, 0.15) is 0 Å². The number of hydrogen-bond donors (Lipinski definition) is 2. The van der Waals surface area contributed by atoms with Crippen LogP contribution < -0.4 is 10.5 Å². The SMILES string of the molecule is NC(=O)NSc1cccc(Cl)c1Cl. The Labute approximate surface area is 89.7 Å². The van der Waals surface area contributed by atoms with E-state index in [-0.39, 0.29) is 0 Å². The zero-order chi connectivity index (χ0) is 9.84. The number of amides is 2. The lowest BCUT2D eigenvalue weighted by Crippen LogP contribution is -2.22. The molecule has 0 fully saturated rings. The van der Waals surface area contributed by atoms with Gasteiger partial charge in [-0.05, 0) is 24.1 Å². The molecule has 0 aromatic heterocycles. The Hall–Kier alpha value is -0.580. The first-order chi connectivity index (χ1) is 6.11. The fourth-order valence-corrected chi connectivity index (χ4v) is 1.70. The number of nitrogens with one attached hydrogen (secondary N) is 1. The van der Waals surface area contributed by atoms with Crippen LogP contribution in [-0.2, 0) is 0 Å². The molecule has 1 aromatic carbocycles. The third-order valence-corrected chi connectivity index (χ3v) is 2.97. The van der Waals surface area contributed by atoms with Gasteiger partial charge in [0.05, 0.1) is 10.0 Å². The summed E-state index contributed by atoms with van der Waals surface area (Å²) in [5.41, 5.74) is 4.88. The molecule has 1 aromatic rings. The lowest BCUT2D eigenvalue weighted by atomic mass is 10.4. The highest BCUT2D eigenvalue weighted by atomic mass is 35.5. The summed E-state index contributed by atoms with van der Waals surface area (Å²) in [6, 6.07) is 4.51. The third kappa shape index (κ3) is 2.99. The largest absolute Gasteiger partial charge is 0.351 e. The lowest BCUT2D eigenvalue weighted by molar-refractivity contribution is 0.254. The van der Waals surface area contributed by atoms with Crippen LogP contribution in [0.4, 0.5) is 4.79 Å². The molecule has 0 aliphatic carbocycles. The molecule has 1 rings (SSSR count). The van der Waals surface area contributed by atoms with E-state index in [2.05, 4.69) is 4.72 Å². The zero-order valence-corrected chi connectivity index (χ0v) is 8.71. The molecule has 6 heteroatoms. The van der Waals surface area contributed by atoms with Crippen molar-refractivity contribution in [1.82, 2.24) is 4.72 Å². The Morgan fingerprint density at radius 1 is 1.46 bits per heavy atom. The van der Waals surface area contributed by atoms with Gasteiger partial charge >= 0.3 is 6.03 Å². The van der Waals surface area contributed by atoms with Crippen molar-refractivity contribution in [3.63, 3.8) is 0 Å². The van der Waals surface area contributed by atoms with Crippen LogP contribution in [-0.4, -0.2) is 6.03 Å². The van der Waals surface area contributed by atoms with Gasteiger partial charge in [-0.25, -0.2) is 4.79 Å². The molecule has 0 bridgehead atoms. The first-order valence-electron chi connectivity index (χ1n) is 3.27. The fraction of sp³-hybridized carbons (Fsp3) is 0. The number of carbonyl (C=O) groups is 1. The van der Waals surface area contributed by atoms with Crippen molar-refractivity contribution in [2.45, 2.75) is 4.90 Å². The van der Waals surface area contributed by atoms with Gasteiger partial charge in [-0.2, -0.15) is 0 Å². The first-order valence-corrected chi connectivity index (χ1v) is 4.85. The van der Waals surface area contributed by atoms with Gasteiger partial charge in [-0.1, -0.05) is 29.3 Å². The molecule has 0 atom stereocenters. The van der Waals surface area contributed by atoms with E-state index in [9.17, 15) is 4.79 Å². The van der Waals surface area contributed by atoms with E-state index in [0.717, 1.165) is 11.9 Å². The molecule has 0 unspecified atom stereocenters. The Morgan fingerprint density at radius 2 is 2.15 bits per heavy atom. The minimum atomic E-state index is -0.624. The summed E-state index contributed by atoms with van der Waals surface area (Å²) in [5.74, 6) is 0. The molecule has 13 heavy (non-hydrogen) atoms. The summed E-state index contributed by atoms with van der Waals surface area (Å²) in [6.07, 6.45) is 0. The maximum atomic E-state index is 10.4. The Kier molecular flexibility index (Phi) is 3.71. The number of nitrogens with two attached hydrogens (primary N) is 1. The number of carbonyl (C=O) groups excluding carboxylic acids is 1. The fourth-order valence-electron chi connectivity index (χ4n) is 0.668. The van der Waals surface area contributed by atoms with Gasteiger partial charge in [0.25, 0.3) is 0 Å². The van der Waals surface area contributed by atoms with E-state index < -0.39 is 6.03 Å². The maximum absolute atomic E-state index is 10.4. The van der Waals surface area contributed by atoms with Crippen LogP contribution in [0, 0.1) is 0 Å². The standard InChI is InChI=1S/C7H6Cl2N2OS/c8-4-2-1-3-5(6(4)9)13-11-7(10)12/h1-3H,(H3,10,11,12). The number of primary amides is 1. The highest BCUT2D eigenvalue weighted by Crippen LogP contribution is 2.31. The van der Waals surface area contributed by atoms with E-state index in [1.807, 2.05) is 0 Å². The van der Waals surface area contributed by atoms with E-state index in [1.54, 1.807) is 18.2 Å². The van der Waals surface area contributed by atoms with Crippen LogP contribution in [0.2, 0.25) is 10.0 Å². The van der Waals surface area contributed by atoms with Crippen molar-refractivity contribution in [2.75, 3.05) is 0 Å². The zero-order valence-electron chi connectivity index (χ0n) is 6.38. The Morgan fingerprint density at radius 3 is 2.77 bits per heavy atom. The van der Waals surface area contributed by atoms with E-state index in [1.165, 1.54) is 0 Å². The van der Waals surface area contributed by atoms with Gasteiger partial charge in [0, 0.05) is 4.90 Å². The van der Waals surface area contributed by atoms with Crippen LogP contribution in [0.25, 0.3) is 0 Å². The molecule has 0 radical (unpaired) electrons. The van der Waals surface area contributed by atoms with Crippen LogP contribution in [0.5, 0.6) is 0 Å². The summed E-state index contributed by atoms with van der Waals surface area (Å²) in [6.45, 7) is 0. The predicted molar refractivity (Wildman–Crippen MR) is 55.0 cm³/mol. The van der Waals surface area contributed by atoms with Crippen LogP contribution >= 0.6 is 35.1 Å². The number of urea groups is 1. The number of halogens is 2. The summed E-state index contributed by atoms with van der Waals surface area (Å²) < 4.78 is 2.34. The summed E-state index contributed by atoms with van der Waals surface area (Å²) in [4.78, 5) is 11.0. The normalized spacial score (nSPS) is 9.69. The summed E-state index contributed by atoms with van der Waals surface area (Å²) >= 11 is 12.6. The molecule has 0 saturated carbocycles. The number of rotatable bonds is 2.